The Kier molecular flexibility index (Phi) is 11.9. The van der Waals surface area contributed by atoms with Gasteiger partial charge in [-0.15, -0.1) is 13.2 Å². The molecule has 1 fully saturated rings. The van der Waals surface area contributed by atoms with Crippen LogP contribution >= 0.6 is 0 Å². The molecule has 0 aromatic heterocycles. The summed E-state index contributed by atoms with van der Waals surface area (Å²) in [6.45, 7) is 2.62. The summed E-state index contributed by atoms with van der Waals surface area (Å²) in [6.07, 6.45) is -4.94. The lowest BCUT2D eigenvalue weighted by Gasteiger charge is -2.25. The van der Waals surface area contributed by atoms with Gasteiger partial charge in [0.05, 0.1) is 12.6 Å². The molecule has 3 atom stereocenters. The monoisotopic (exact) mass is 558 g/mol. The fourth-order valence-corrected chi connectivity index (χ4v) is 3.98. The van der Waals surface area contributed by atoms with Crippen LogP contribution in [-0.2, 0) is 40.1 Å². The van der Waals surface area contributed by atoms with E-state index in [1.807, 2.05) is 0 Å². The molecular weight excluding hydrogens is 525 g/mol. The molecule has 1 aromatic rings. The van der Waals surface area contributed by atoms with E-state index in [4.69, 9.17) is 4.74 Å². The molecule has 216 valence electrons. The predicted octanol–water partition coefficient (Wildman–Crippen LogP) is 1.42. The minimum atomic E-state index is -5.07. The zero-order valence-electron chi connectivity index (χ0n) is 21.9. The Labute approximate surface area is 223 Å². The number of hydrogen-bond acceptors (Lipinski definition) is 7. The van der Waals surface area contributed by atoms with Gasteiger partial charge in [-0.25, -0.2) is 0 Å². The maximum Gasteiger partial charge on any atom is 0.522 e. The summed E-state index contributed by atoms with van der Waals surface area (Å²) in [5, 5.41) is 9.68. The zero-order valence-corrected chi connectivity index (χ0v) is 21.9. The molecule has 1 aliphatic rings. The second-order valence-corrected chi connectivity index (χ2v) is 9.47. The lowest BCUT2D eigenvalue weighted by atomic mass is 9.95. The highest BCUT2D eigenvalue weighted by Crippen LogP contribution is 2.20. The highest BCUT2D eigenvalue weighted by atomic mass is 19.4. The van der Waals surface area contributed by atoms with Gasteiger partial charge in [-0.2, -0.15) is 0 Å². The van der Waals surface area contributed by atoms with E-state index in [0.29, 0.717) is 24.2 Å². The Morgan fingerprint density at radius 2 is 1.77 bits per heavy atom. The molecular formula is C25H33F3N4O7. The Balaban J connectivity index is 2.14. The molecule has 39 heavy (non-hydrogen) atoms. The number of ether oxygens (including phenoxy) is 2. The van der Waals surface area contributed by atoms with Crippen LogP contribution < -0.4 is 21.3 Å². The first-order chi connectivity index (χ1) is 18.3. The van der Waals surface area contributed by atoms with E-state index in [1.54, 1.807) is 38.1 Å². The highest BCUT2D eigenvalue weighted by Gasteiger charge is 2.36. The van der Waals surface area contributed by atoms with Gasteiger partial charge in [0, 0.05) is 30.8 Å². The van der Waals surface area contributed by atoms with Crippen molar-refractivity contribution < 1.29 is 46.6 Å². The van der Waals surface area contributed by atoms with E-state index in [2.05, 4.69) is 26.0 Å². The van der Waals surface area contributed by atoms with Crippen molar-refractivity contribution in [1.29, 1.82) is 0 Å². The van der Waals surface area contributed by atoms with Crippen LogP contribution in [0.4, 0.5) is 18.9 Å². The van der Waals surface area contributed by atoms with Crippen LogP contribution in [0.25, 0.3) is 0 Å². The van der Waals surface area contributed by atoms with Crippen molar-refractivity contribution in [3.05, 3.63) is 29.8 Å². The maximum atomic E-state index is 13.1. The van der Waals surface area contributed by atoms with Gasteiger partial charge in [-0.1, -0.05) is 32.0 Å². The van der Waals surface area contributed by atoms with Crippen LogP contribution in [0.1, 0.15) is 38.7 Å². The second kappa shape index (κ2) is 14.6. The van der Waals surface area contributed by atoms with Crippen molar-refractivity contribution in [2.75, 3.05) is 25.6 Å². The predicted molar refractivity (Wildman–Crippen MR) is 132 cm³/mol. The van der Waals surface area contributed by atoms with Gasteiger partial charge in [0.2, 0.25) is 11.8 Å². The third-order valence-corrected chi connectivity index (χ3v) is 5.87. The van der Waals surface area contributed by atoms with Crippen molar-refractivity contribution in [2.24, 2.45) is 11.8 Å². The number of benzene rings is 1. The van der Waals surface area contributed by atoms with E-state index in [-0.39, 0.29) is 25.4 Å². The molecule has 1 aliphatic heterocycles. The summed E-state index contributed by atoms with van der Waals surface area (Å²) >= 11 is 0. The first-order valence-electron chi connectivity index (χ1n) is 12.3. The van der Waals surface area contributed by atoms with Gasteiger partial charge in [-0.3, -0.25) is 28.7 Å². The largest absolute Gasteiger partial charge is 0.522 e. The summed E-state index contributed by atoms with van der Waals surface area (Å²) in [6, 6.07) is 3.84. The molecule has 14 heteroatoms. The molecule has 0 aliphatic carbocycles. The van der Waals surface area contributed by atoms with Crippen molar-refractivity contribution in [3.8, 4) is 0 Å². The first-order valence-corrected chi connectivity index (χ1v) is 12.3. The number of Topliss-reactive ketones (excluding diaryl/α,β-unsaturated/α-hetero) is 1. The van der Waals surface area contributed by atoms with Crippen molar-refractivity contribution >= 4 is 35.1 Å². The fourth-order valence-electron chi connectivity index (χ4n) is 3.98. The Morgan fingerprint density at radius 1 is 1.08 bits per heavy atom. The van der Waals surface area contributed by atoms with Crippen molar-refractivity contribution in [3.63, 3.8) is 0 Å². The van der Waals surface area contributed by atoms with Crippen LogP contribution in [0.2, 0.25) is 0 Å². The lowest BCUT2D eigenvalue weighted by molar-refractivity contribution is -0.321. The molecule has 11 nitrogen and oxygen atoms in total. The molecule has 0 unspecified atom stereocenters. The van der Waals surface area contributed by atoms with Gasteiger partial charge >= 0.3 is 18.2 Å². The topological polar surface area (TPSA) is 152 Å². The number of carbonyl (C=O) groups excluding carboxylic acids is 5. The number of alkyl halides is 3. The maximum absolute atomic E-state index is 13.1. The molecule has 0 spiro atoms. The number of rotatable bonds is 13. The average molecular weight is 559 g/mol. The van der Waals surface area contributed by atoms with Crippen LogP contribution in [0.3, 0.4) is 0 Å². The minimum absolute atomic E-state index is 0.0506. The standard InChI is InChI=1S/C25H33F3N4O7/c1-14(2)10-19(32-24(37)23(36)30-17-7-5-4-6-16(17)12-38-3)22(35)31-18(11-15-8-9-29-21(15)34)20(33)13-39-25(26,27)28/h4-7,14-15,18-19H,8-13H2,1-3H3,(H,29,34)(H,30,36)(H,31,35)(H,32,37)/t15-,18-,19-/m0/s1. The number of hydrogen-bond donors (Lipinski definition) is 4. The quantitative estimate of drug-likeness (QED) is 0.267. The van der Waals surface area contributed by atoms with Gasteiger partial charge in [0.1, 0.15) is 12.6 Å². The number of anilines is 1. The molecule has 2 rings (SSSR count). The third-order valence-electron chi connectivity index (χ3n) is 5.87. The fraction of sp³-hybridized carbons (Fsp3) is 0.560. The van der Waals surface area contributed by atoms with E-state index >= 15 is 0 Å². The van der Waals surface area contributed by atoms with Crippen LogP contribution in [0, 0.1) is 11.8 Å². The third kappa shape index (κ3) is 10.6. The summed E-state index contributed by atoms with van der Waals surface area (Å²) in [7, 11) is 1.47. The minimum Gasteiger partial charge on any atom is -0.380 e. The molecule has 0 saturated carbocycles. The normalized spacial score (nSPS) is 16.8. The van der Waals surface area contributed by atoms with Gasteiger partial charge in [0.25, 0.3) is 0 Å². The molecule has 1 saturated heterocycles. The molecule has 4 amide bonds. The second-order valence-electron chi connectivity index (χ2n) is 9.47. The smallest absolute Gasteiger partial charge is 0.380 e. The number of carbonyl (C=O) groups is 5. The van der Waals surface area contributed by atoms with Crippen LogP contribution in [-0.4, -0.2) is 68.1 Å². The Hall–Kier alpha value is -3.52. The first kappa shape index (κ1) is 31.7. The van der Waals surface area contributed by atoms with E-state index < -0.39 is 60.4 Å². The molecule has 0 bridgehead atoms. The summed E-state index contributed by atoms with van der Waals surface area (Å²) in [4.78, 5) is 62.9. The van der Waals surface area contributed by atoms with Crippen molar-refractivity contribution in [2.45, 2.75) is 58.2 Å². The van der Waals surface area contributed by atoms with Gasteiger partial charge in [0.15, 0.2) is 5.78 Å². The van der Waals surface area contributed by atoms with Crippen LogP contribution in [0.15, 0.2) is 24.3 Å². The molecule has 1 heterocycles. The van der Waals surface area contributed by atoms with E-state index in [0.717, 1.165) is 0 Å². The molecule has 0 radical (unpaired) electrons. The number of halogens is 3. The van der Waals surface area contributed by atoms with Gasteiger partial charge in [-0.05, 0) is 31.2 Å². The Morgan fingerprint density at radius 3 is 2.36 bits per heavy atom. The zero-order chi connectivity index (χ0) is 29.2. The number of para-hydroxylation sites is 1. The lowest BCUT2D eigenvalue weighted by Crippen LogP contribution is -2.54. The van der Waals surface area contributed by atoms with Crippen LogP contribution in [0.5, 0.6) is 0 Å². The average Bonchev–Trinajstić information content (AvgIpc) is 3.26. The number of methoxy groups -OCH3 is 1. The number of nitrogens with one attached hydrogen (secondary N) is 4. The number of ketones is 1. The number of amides is 4. The Bertz CT molecular complexity index is 1050. The summed E-state index contributed by atoms with van der Waals surface area (Å²) in [5.74, 6) is -5.45. The van der Waals surface area contributed by atoms with Crippen molar-refractivity contribution in [1.82, 2.24) is 16.0 Å². The molecule has 1 aromatic carbocycles. The SMILES string of the molecule is COCc1ccccc1NC(=O)C(=O)N[C@@H](CC(C)C)C(=O)N[C@@H](C[C@@H]1CCNC1=O)C(=O)COC(F)(F)F. The summed E-state index contributed by atoms with van der Waals surface area (Å²) < 4.78 is 46.2. The summed E-state index contributed by atoms with van der Waals surface area (Å²) in [5.41, 5.74) is 0.936. The van der Waals surface area contributed by atoms with E-state index in [9.17, 15) is 37.1 Å². The van der Waals surface area contributed by atoms with Gasteiger partial charge < -0.3 is 26.0 Å². The molecule has 4 N–H and O–H groups in total. The highest BCUT2D eigenvalue weighted by molar-refractivity contribution is 6.40. The van der Waals surface area contributed by atoms with E-state index in [1.165, 1.54) is 7.11 Å².